The van der Waals surface area contributed by atoms with E-state index in [1.54, 1.807) is 11.1 Å². The van der Waals surface area contributed by atoms with Crippen molar-refractivity contribution in [3.8, 4) is 17.6 Å². The lowest BCUT2D eigenvalue weighted by atomic mass is 9.48. The summed E-state index contributed by atoms with van der Waals surface area (Å²) in [5, 5.41) is 12.5. The summed E-state index contributed by atoms with van der Waals surface area (Å²) in [6, 6.07) is 19.0. The monoisotopic (exact) mass is 608 g/mol. The van der Waals surface area contributed by atoms with Gasteiger partial charge < -0.3 is 24.1 Å². The van der Waals surface area contributed by atoms with Crippen LogP contribution in [0.3, 0.4) is 0 Å². The molecule has 238 valence electrons. The largest absolute Gasteiger partial charge is 0.465 e. The van der Waals surface area contributed by atoms with Gasteiger partial charge in [0.2, 0.25) is 0 Å². The Morgan fingerprint density at radius 2 is 1.67 bits per heavy atom. The maximum Gasteiger partial charge on any atom is 0.199 e. The quantitative estimate of drug-likeness (QED) is 0.283. The molecule has 45 heavy (non-hydrogen) atoms. The summed E-state index contributed by atoms with van der Waals surface area (Å²) < 4.78 is 24.6. The van der Waals surface area contributed by atoms with Gasteiger partial charge in [0.05, 0.1) is 19.8 Å². The first-order valence-electron chi connectivity index (χ1n) is 17.5. The van der Waals surface area contributed by atoms with Crippen molar-refractivity contribution in [3.63, 3.8) is 0 Å². The molecular weight excluding hydrogens is 560 g/mol. The van der Waals surface area contributed by atoms with Crippen LogP contribution in [-0.2, 0) is 14.2 Å². The summed E-state index contributed by atoms with van der Waals surface area (Å²) in [4.78, 5) is 0. The van der Waals surface area contributed by atoms with Crippen LogP contribution in [0.15, 0.2) is 65.7 Å². The molecule has 2 aromatic carbocycles. The SMILES string of the molecule is C[C@@]12CC[C@@H]3C(=C1CCC1(C2)OCCO1)[C@@H](c1ccc(OC2CCCCO2)cc1)C[C@@]1(C)[C@H]3CC[C@@]1(O)C#Cc1ccccc1. The van der Waals surface area contributed by atoms with Crippen LogP contribution in [0.1, 0.15) is 102 Å². The average Bonchev–Trinajstić information content (AvgIpc) is 3.61. The van der Waals surface area contributed by atoms with Crippen molar-refractivity contribution in [2.75, 3.05) is 19.8 Å². The molecule has 0 radical (unpaired) electrons. The van der Waals surface area contributed by atoms with Gasteiger partial charge in [-0.05, 0) is 98.4 Å². The second-order valence-corrected chi connectivity index (χ2v) is 15.2. The van der Waals surface area contributed by atoms with Crippen molar-refractivity contribution in [2.45, 2.75) is 108 Å². The van der Waals surface area contributed by atoms with Gasteiger partial charge in [0, 0.05) is 36.2 Å². The topological polar surface area (TPSA) is 57.2 Å². The van der Waals surface area contributed by atoms with Crippen molar-refractivity contribution in [2.24, 2.45) is 22.7 Å². The maximum absolute atomic E-state index is 12.5. The van der Waals surface area contributed by atoms with Gasteiger partial charge in [0.15, 0.2) is 12.1 Å². The highest BCUT2D eigenvalue weighted by Gasteiger charge is 2.64. The van der Waals surface area contributed by atoms with Crippen LogP contribution in [0.2, 0.25) is 0 Å². The van der Waals surface area contributed by atoms with Gasteiger partial charge in [-0.1, -0.05) is 67.2 Å². The van der Waals surface area contributed by atoms with E-state index < -0.39 is 11.4 Å². The van der Waals surface area contributed by atoms with Crippen LogP contribution in [-0.4, -0.2) is 42.6 Å². The Morgan fingerprint density at radius 1 is 0.867 bits per heavy atom. The number of fused-ring (bicyclic) bond motifs is 4. The van der Waals surface area contributed by atoms with E-state index in [0.29, 0.717) is 25.0 Å². The van der Waals surface area contributed by atoms with E-state index in [2.05, 4.69) is 50.0 Å². The summed E-state index contributed by atoms with van der Waals surface area (Å²) in [6.45, 7) is 7.00. The minimum atomic E-state index is -1.02. The molecule has 3 saturated carbocycles. The zero-order valence-corrected chi connectivity index (χ0v) is 27.0. The lowest BCUT2D eigenvalue weighted by Gasteiger charge is -2.57. The number of aliphatic hydroxyl groups is 1. The molecule has 2 heterocycles. The fourth-order valence-electron chi connectivity index (χ4n) is 10.3. The average molecular weight is 609 g/mol. The fourth-order valence-corrected chi connectivity index (χ4v) is 10.3. The van der Waals surface area contributed by atoms with Crippen LogP contribution in [0.25, 0.3) is 0 Å². The van der Waals surface area contributed by atoms with Gasteiger partial charge in [-0.15, -0.1) is 0 Å². The van der Waals surface area contributed by atoms with E-state index in [4.69, 9.17) is 18.9 Å². The van der Waals surface area contributed by atoms with Crippen LogP contribution < -0.4 is 4.74 Å². The second kappa shape index (κ2) is 11.3. The molecule has 6 aliphatic rings. The molecule has 5 heteroatoms. The van der Waals surface area contributed by atoms with Crippen molar-refractivity contribution in [3.05, 3.63) is 76.9 Å². The Morgan fingerprint density at radius 3 is 2.42 bits per heavy atom. The molecule has 4 aliphatic carbocycles. The third-order valence-corrected chi connectivity index (χ3v) is 12.7. The predicted molar refractivity (Wildman–Crippen MR) is 173 cm³/mol. The molecule has 2 aliphatic heterocycles. The van der Waals surface area contributed by atoms with Crippen LogP contribution in [0.5, 0.6) is 5.75 Å². The summed E-state index contributed by atoms with van der Waals surface area (Å²) in [7, 11) is 0. The summed E-state index contributed by atoms with van der Waals surface area (Å²) in [6.07, 6.45) is 10.9. The van der Waals surface area contributed by atoms with Crippen molar-refractivity contribution in [1.29, 1.82) is 0 Å². The smallest absolute Gasteiger partial charge is 0.199 e. The second-order valence-electron chi connectivity index (χ2n) is 15.2. The molecule has 1 spiro atoms. The van der Waals surface area contributed by atoms with Gasteiger partial charge in [-0.3, -0.25) is 0 Å². The molecule has 5 nitrogen and oxygen atoms in total. The normalized spacial score (nSPS) is 38.6. The third kappa shape index (κ3) is 5.08. The highest BCUT2D eigenvalue weighted by atomic mass is 16.7. The predicted octanol–water partition coefficient (Wildman–Crippen LogP) is 7.92. The van der Waals surface area contributed by atoms with Gasteiger partial charge in [0.25, 0.3) is 0 Å². The zero-order valence-electron chi connectivity index (χ0n) is 27.0. The van der Waals surface area contributed by atoms with Crippen molar-refractivity contribution >= 4 is 0 Å². The number of benzene rings is 2. The molecule has 0 aromatic heterocycles. The maximum atomic E-state index is 12.5. The fraction of sp³-hybridized carbons (Fsp3) is 0.600. The first-order chi connectivity index (χ1) is 21.8. The Balaban J connectivity index is 1.18. The Labute approximate surface area is 268 Å². The van der Waals surface area contributed by atoms with E-state index >= 15 is 0 Å². The molecule has 2 saturated heterocycles. The minimum absolute atomic E-state index is 0.0732. The number of ether oxygens (including phenoxy) is 4. The molecule has 0 amide bonds. The molecule has 5 fully saturated rings. The van der Waals surface area contributed by atoms with Gasteiger partial charge >= 0.3 is 0 Å². The molecule has 8 rings (SSSR count). The summed E-state index contributed by atoms with van der Waals surface area (Å²) in [5.41, 5.74) is 4.34. The van der Waals surface area contributed by atoms with Crippen molar-refractivity contribution < 1.29 is 24.1 Å². The third-order valence-electron chi connectivity index (χ3n) is 12.7. The Hall–Kier alpha value is -2.62. The van der Waals surface area contributed by atoms with E-state index in [1.165, 1.54) is 5.56 Å². The lowest BCUT2D eigenvalue weighted by Crippen LogP contribution is -2.53. The first kappa shape index (κ1) is 29.8. The molecule has 2 aromatic rings. The standard InChI is InChI=1S/C40H48O5/c1-37-19-16-31-33-17-21-39(41,20-15-28-8-4-3-5-9-28)38(33,2)26-32(36(31)34(37)18-22-40(27-37)43-24-25-44-40)29-11-13-30(14-12-29)45-35-10-6-7-23-42-35/h3-5,8-9,11-14,31-33,35,41H,6-7,10,16-19,21-27H2,1-2H3/t31-,32+,33-,35?,37-,38-,39-/m0/s1. The highest BCUT2D eigenvalue weighted by molar-refractivity contribution is 5.46. The lowest BCUT2D eigenvalue weighted by molar-refractivity contribution is -0.193. The molecule has 1 unspecified atom stereocenters. The Bertz CT molecular complexity index is 1490. The number of hydrogen-bond donors (Lipinski definition) is 1. The van der Waals surface area contributed by atoms with Gasteiger partial charge in [0.1, 0.15) is 11.4 Å². The van der Waals surface area contributed by atoms with E-state index in [0.717, 1.165) is 88.5 Å². The van der Waals surface area contributed by atoms with E-state index in [-0.39, 0.29) is 23.0 Å². The highest BCUT2D eigenvalue weighted by Crippen LogP contribution is 2.69. The molecule has 1 N–H and O–H groups in total. The minimum Gasteiger partial charge on any atom is -0.465 e. The summed E-state index contributed by atoms with van der Waals surface area (Å²) >= 11 is 0. The molecule has 7 atom stereocenters. The number of allylic oxidation sites excluding steroid dienone is 2. The number of hydrogen-bond acceptors (Lipinski definition) is 5. The van der Waals surface area contributed by atoms with Gasteiger partial charge in [-0.2, -0.15) is 0 Å². The van der Waals surface area contributed by atoms with E-state index in [9.17, 15) is 5.11 Å². The number of rotatable bonds is 3. The van der Waals surface area contributed by atoms with Crippen LogP contribution >= 0.6 is 0 Å². The van der Waals surface area contributed by atoms with Crippen LogP contribution in [0.4, 0.5) is 0 Å². The Kier molecular flexibility index (Phi) is 7.45. The van der Waals surface area contributed by atoms with Crippen molar-refractivity contribution in [1.82, 2.24) is 0 Å². The first-order valence-corrected chi connectivity index (χ1v) is 17.5. The summed E-state index contributed by atoms with van der Waals surface area (Å²) in [5.74, 6) is 8.38. The van der Waals surface area contributed by atoms with Gasteiger partial charge in [-0.25, -0.2) is 0 Å². The van der Waals surface area contributed by atoms with Crippen LogP contribution in [0, 0.1) is 34.5 Å². The molecular formula is C40H48O5. The molecule has 0 bridgehead atoms. The van der Waals surface area contributed by atoms with E-state index in [1.807, 2.05) is 30.3 Å². The zero-order chi connectivity index (χ0) is 30.7.